The van der Waals surface area contributed by atoms with Crippen LogP contribution >= 0.6 is 0 Å². The molecule has 0 saturated heterocycles. The van der Waals surface area contributed by atoms with E-state index in [-0.39, 0.29) is 6.54 Å². The minimum absolute atomic E-state index is 0.287. The molecule has 1 atom stereocenters. The molecule has 1 unspecified atom stereocenters. The van der Waals surface area contributed by atoms with Crippen LogP contribution in [0.3, 0.4) is 0 Å². The van der Waals surface area contributed by atoms with Gasteiger partial charge in [-0.3, -0.25) is 4.68 Å². The maximum atomic E-state index is 13.0. The molecule has 0 aromatic carbocycles. The van der Waals surface area contributed by atoms with Gasteiger partial charge in [0.05, 0.1) is 11.4 Å². The quantitative estimate of drug-likeness (QED) is 0.855. The van der Waals surface area contributed by atoms with Gasteiger partial charge in [0, 0.05) is 25.7 Å². The summed E-state index contributed by atoms with van der Waals surface area (Å²) in [6.45, 7) is 9.84. The Bertz CT molecular complexity index is 573. The number of likely N-dealkylation sites (N-methyl/N-ethyl adjacent to an activating group) is 1. The predicted molar refractivity (Wildman–Crippen MR) is 80.0 cm³/mol. The Morgan fingerprint density at radius 2 is 1.90 bits per heavy atom. The van der Waals surface area contributed by atoms with E-state index >= 15 is 0 Å². The number of nitrogens with zero attached hydrogens (tertiary/aromatic N) is 3. The van der Waals surface area contributed by atoms with Gasteiger partial charge < -0.3 is 5.73 Å². The number of sulfonamides is 1. The van der Waals surface area contributed by atoms with Crippen molar-refractivity contribution in [1.82, 2.24) is 14.1 Å². The van der Waals surface area contributed by atoms with Gasteiger partial charge in [-0.1, -0.05) is 13.8 Å². The minimum atomic E-state index is -3.60. The van der Waals surface area contributed by atoms with Crippen LogP contribution in [0.2, 0.25) is 0 Å². The molecule has 0 amide bonds. The summed E-state index contributed by atoms with van der Waals surface area (Å²) >= 11 is 0. The van der Waals surface area contributed by atoms with Crippen LogP contribution in [0.1, 0.15) is 38.6 Å². The van der Waals surface area contributed by atoms with E-state index in [2.05, 4.69) is 5.10 Å². The van der Waals surface area contributed by atoms with E-state index in [0.717, 1.165) is 0 Å². The van der Waals surface area contributed by atoms with Gasteiger partial charge in [0.2, 0.25) is 10.0 Å². The number of rotatable bonds is 6. The Morgan fingerprint density at radius 1 is 1.35 bits per heavy atom. The highest BCUT2D eigenvalue weighted by Gasteiger charge is 2.39. The molecule has 1 aromatic rings. The third kappa shape index (κ3) is 2.62. The number of hydrogen-bond acceptors (Lipinski definition) is 4. The molecule has 0 aliphatic rings. The molecule has 1 rings (SSSR count). The van der Waals surface area contributed by atoms with E-state index in [1.165, 1.54) is 4.31 Å². The van der Waals surface area contributed by atoms with Crippen LogP contribution in [-0.2, 0) is 17.1 Å². The number of hydrogen-bond donors (Lipinski definition) is 1. The van der Waals surface area contributed by atoms with Gasteiger partial charge in [0.25, 0.3) is 0 Å². The first-order valence-corrected chi connectivity index (χ1v) is 8.32. The summed E-state index contributed by atoms with van der Waals surface area (Å²) in [6.07, 6.45) is 0.662. The SMILES string of the molecule is CCN(C(C)(CC)CN)S(=O)(=O)c1c(C)nn(C)c1C. The first kappa shape index (κ1) is 17.1. The van der Waals surface area contributed by atoms with Gasteiger partial charge in [-0.25, -0.2) is 8.42 Å². The second kappa shape index (κ2) is 5.83. The van der Waals surface area contributed by atoms with Crippen molar-refractivity contribution in [2.75, 3.05) is 13.1 Å². The van der Waals surface area contributed by atoms with Crippen LogP contribution in [0.25, 0.3) is 0 Å². The van der Waals surface area contributed by atoms with Gasteiger partial charge in [-0.2, -0.15) is 9.40 Å². The lowest BCUT2D eigenvalue weighted by Crippen LogP contribution is -2.53. The van der Waals surface area contributed by atoms with Crippen molar-refractivity contribution in [3.63, 3.8) is 0 Å². The standard InChI is InChI=1S/C13H26N4O2S/c1-7-13(5,9-14)17(8-2)20(18,19)12-10(3)15-16(6)11(12)4/h7-9,14H2,1-6H3. The molecule has 0 spiro atoms. The minimum Gasteiger partial charge on any atom is -0.329 e. The molecular formula is C13H26N4O2S. The molecule has 6 nitrogen and oxygen atoms in total. The second-order valence-corrected chi connectivity index (χ2v) is 7.15. The predicted octanol–water partition coefficient (Wildman–Crippen LogP) is 1.17. The lowest BCUT2D eigenvalue weighted by molar-refractivity contribution is 0.214. The zero-order valence-electron chi connectivity index (χ0n) is 13.3. The Balaban J connectivity index is 3.48. The molecule has 1 heterocycles. The highest BCUT2D eigenvalue weighted by Crippen LogP contribution is 2.29. The van der Waals surface area contributed by atoms with Crippen molar-refractivity contribution in [3.8, 4) is 0 Å². The molecule has 116 valence electrons. The maximum Gasteiger partial charge on any atom is 0.247 e. The molecular weight excluding hydrogens is 276 g/mol. The number of nitrogens with two attached hydrogens (primary N) is 1. The summed E-state index contributed by atoms with van der Waals surface area (Å²) in [5.74, 6) is 0. The van der Waals surface area contributed by atoms with E-state index in [9.17, 15) is 8.42 Å². The van der Waals surface area contributed by atoms with E-state index < -0.39 is 15.6 Å². The topological polar surface area (TPSA) is 81.2 Å². The van der Waals surface area contributed by atoms with Gasteiger partial charge in [0.15, 0.2) is 0 Å². The lowest BCUT2D eigenvalue weighted by Gasteiger charge is -2.38. The van der Waals surface area contributed by atoms with E-state index in [0.29, 0.717) is 29.2 Å². The van der Waals surface area contributed by atoms with Crippen molar-refractivity contribution < 1.29 is 8.42 Å². The molecule has 0 bridgehead atoms. The Morgan fingerprint density at radius 3 is 2.20 bits per heavy atom. The fourth-order valence-electron chi connectivity index (χ4n) is 2.50. The molecule has 0 aliphatic carbocycles. The second-order valence-electron chi connectivity index (χ2n) is 5.35. The van der Waals surface area contributed by atoms with Crippen molar-refractivity contribution >= 4 is 10.0 Å². The van der Waals surface area contributed by atoms with E-state index in [4.69, 9.17) is 5.73 Å². The molecule has 7 heteroatoms. The molecule has 1 aromatic heterocycles. The van der Waals surface area contributed by atoms with Crippen LogP contribution in [0.15, 0.2) is 4.90 Å². The fourth-order valence-corrected chi connectivity index (χ4v) is 4.77. The zero-order chi connectivity index (χ0) is 15.7. The monoisotopic (exact) mass is 302 g/mol. The summed E-state index contributed by atoms with van der Waals surface area (Å²) in [7, 11) is -1.85. The molecule has 0 fully saturated rings. The summed E-state index contributed by atoms with van der Waals surface area (Å²) in [6, 6.07) is 0. The van der Waals surface area contributed by atoms with Gasteiger partial charge >= 0.3 is 0 Å². The molecule has 0 saturated carbocycles. The highest BCUT2D eigenvalue weighted by atomic mass is 32.2. The summed E-state index contributed by atoms with van der Waals surface area (Å²) in [4.78, 5) is 0.301. The summed E-state index contributed by atoms with van der Waals surface area (Å²) in [5.41, 5.74) is 6.42. The first-order valence-electron chi connectivity index (χ1n) is 6.88. The molecule has 0 aliphatic heterocycles. The molecule has 0 radical (unpaired) electrons. The van der Waals surface area contributed by atoms with Gasteiger partial charge in [-0.15, -0.1) is 0 Å². The van der Waals surface area contributed by atoms with Crippen LogP contribution < -0.4 is 5.73 Å². The maximum absolute atomic E-state index is 13.0. The first-order chi connectivity index (χ1) is 9.15. The third-order valence-electron chi connectivity index (χ3n) is 4.08. The smallest absolute Gasteiger partial charge is 0.247 e. The number of aromatic nitrogens is 2. The summed E-state index contributed by atoms with van der Waals surface area (Å²) in [5, 5.41) is 4.21. The molecule has 2 N–H and O–H groups in total. The molecule has 20 heavy (non-hydrogen) atoms. The fraction of sp³-hybridized carbons (Fsp3) is 0.769. The lowest BCUT2D eigenvalue weighted by atomic mass is 9.99. The van der Waals surface area contributed by atoms with E-state index in [1.54, 1.807) is 25.6 Å². The van der Waals surface area contributed by atoms with Crippen molar-refractivity contribution in [2.24, 2.45) is 12.8 Å². The van der Waals surface area contributed by atoms with Crippen LogP contribution in [-0.4, -0.2) is 41.1 Å². The van der Waals surface area contributed by atoms with Gasteiger partial charge in [0.1, 0.15) is 4.90 Å². The van der Waals surface area contributed by atoms with Crippen molar-refractivity contribution in [2.45, 2.75) is 51.5 Å². The Kier molecular flexibility index (Phi) is 4.99. The van der Waals surface area contributed by atoms with Crippen molar-refractivity contribution in [3.05, 3.63) is 11.4 Å². The zero-order valence-corrected chi connectivity index (χ0v) is 14.1. The van der Waals surface area contributed by atoms with E-state index in [1.807, 2.05) is 20.8 Å². The third-order valence-corrected chi connectivity index (χ3v) is 6.47. The average molecular weight is 302 g/mol. The summed E-state index contributed by atoms with van der Waals surface area (Å²) < 4.78 is 29.1. The normalized spacial score (nSPS) is 15.6. The Labute approximate surface area is 122 Å². The average Bonchev–Trinajstić information content (AvgIpc) is 2.63. The van der Waals surface area contributed by atoms with Gasteiger partial charge in [-0.05, 0) is 27.2 Å². The number of aryl methyl sites for hydroxylation is 2. The van der Waals surface area contributed by atoms with Crippen LogP contribution in [0, 0.1) is 13.8 Å². The largest absolute Gasteiger partial charge is 0.329 e. The van der Waals surface area contributed by atoms with Crippen molar-refractivity contribution in [1.29, 1.82) is 0 Å². The van der Waals surface area contributed by atoms with Crippen LogP contribution in [0.5, 0.6) is 0 Å². The van der Waals surface area contributed by atoms with Crippen LogP contribution in [0.4, 0.5) is 0 Å². The highest BCUT2D eigenvalue weighted by molar-refractivity contribution is 7.89. The Hall–Kier alpha value is -0.920.